The van der Waals surface area contributed by atoms with Crippen LogP contribution in [0.1, 0.15) is 12.1 Å². The summed E-state index contributed by atoms with van der Waals surface area (Å²) < 4.78 is 0. The molecule has 1 aromatic heterocycles. The van der Waals surface area contributed by atoms with Crippen molar-refractivity contribution in [3.63, 3.8) is 0 Å². The fourth-order valence-electron chi connectivity index (χ4n) is 2.05. The lowest BCUT2D eigenvalue weighted by Gasteiger charge is -2.13. The zero-order valence-corrected chi connectivity index (χ0v) is 15.4. The molecule has 1 amide bonds. The van der Waals surface area contributed by atoms with E-state index in [4.69, 9.17) is 16.7 Å². The van der Waals surface area contributed by atoms with E-state index in [1.807, 2.05) is 24.5 Å². The van der Waals surface area contributed by atoms with Crippen LogP contribution in [0, 0.1) is 0 Å². The number of hydrogen-bond donors (Lipinski definition) is 2. The molecule has 2 rings (SSSR count). The van der Waals surface area contributed by atoms with Crippen LogP contribution in [-0.2, 0) is 16.0 Å². The van der Waals surface area contributed by atoms with Crippen LogP contribution in [0.5, 0.6) is 0 Å². The number of rotatable bonds is 8. The van der Waals surface area contributed by atoms with E-state index >= 15 is 0 Å². The highest BCUT2D eigenvalue weighted by Gasteiger charge is 2.20. The predicted octanol–water partition coefficient (Wildman–Crippen LogP) is 3.33. The van der Waals surface area contributed by atoms with Gasteiger partial charge in [-0.3, -0.25) is 4.79 Å². The Kier molecular flexibility index (Phi) is 7.08. The molecule has 2 N–H and O–H groups in total. The molecular formula is C16H17ClN2O3S2. The molecule has 0 saturated heterocycles. The van der Waals surface area contributed by atoms with Crippen LogP contribution in [0.15, 0.2) is 29.6 Å². The summed E-state index contributed by atoms with van der Waals surface area (Å²) in [6, 6.07) is 6.48. The standard InChI is InChI=1S/C16H17ClN2O3S2/c1-23-6-5-13(16(21)22)19-14(20)8-12-9-24-15(18-12)10-3-2-4-11(17)7-10/h2-4,7,9,13H,5-6,8H2,1H3,(H,19,20)(H,21,22)/t13-/m1/s1. The van der Waals surface area contributed by atoms with E-state index in [1.165, 1.54) is 11.3 Å². The van der Waals surface area contributed by atoms with E-state index in [1.54, 1.807) is 23.2 Å². The maximum absolute atomic E-state index is 12.1. The van der Waals surface area contributed by atoms with Crippen LogP contribution in [0.4, 0.5) is 0 Å². The van der Waals surface area contributed by atoms with Gasteiger partial charge in [0, 0.05) is 16.0 Å². The average Bonchev–Trinajstić information content (AvgIpc) is 2.99. The molecule has 1 heterocycles. The Morgan fingerprint density at radius 2 is 2.25 bits per heavy atom. The summed E-state index contributed by atoms with van der Waals surface area (Å²) in [5, 5.41) is 14.9. The lowest BCUT2D eigenvalue weighted by atomic mass is 10.2. The predicted molar refractivity (Wildman–Crippen MR) is 98.8 cm³/mol. The van der Waals surface area contributed by atoms with Crippen molar-refractivity contribution in [2.45, 2.75) is 18.9 Å². The van der Waals surface area contributed by atoms with Gasteiger partial charge < -0.3 is 10.4 Å². The lowest BCUT2D eigenvalue weighted by Crippen LogP contribution is -2.41. The molecule has 1 aromatic carbocycles. The molecule has 0 aliphatic carbocycles. The normalized spacial score (nSPS) is 11.9. The maximum Gasteiger partial charge on any atom is 0.326 e. The molecule has 0 fully saturated rings. The number of hydrogen-bond acceptors (Lipinski definition) is 5. The maximum atomic E-state index is 12.1. The molecular weight excluding hydrogens is 368 g/mol. The van der Waals surface area contributed by atoms with Crippen LogP contribution < -0.4 is 5.32 Å². The molecule has 8 heteroatoms. The van der Waals surface area contributed by atoms with Crippen molar-refractivity contribution in [2.75, 3.05) is 12.0 Å². The fourth-order valence-corrected chi connectivity index (χ4v) is 3.52. The summed E-state index contributed by atoms with van der Waals surface area (Å²) in [6.45, 7) is 0. The number of nitrogens with one attached hydrogen (secondary N) is 1. The summed E-state index contributed by atoms with van der Waals surface area (Å²) in [5.41, 5.74) is 1.50. The van der Waals surface area contributed by atoms with Gasteiger partial charge in [-0.25, -0.2) is 9.78 Å². The van der Waals surface area contributed by atoms with E-state index in [0.717, 1.165) is 10.6 Å². The van der Waals surface area contributed by atoms with E-state index in [2.05, 4.69) is 10.3 Å². The number of thiazole rings is 1. The first-order valence-corrected chi connectivity index (χ1v) is 9.86. The quantitative estimate of drug-likeness (QED) is 0.729. The van der Waals surface area contributed by atoms with Gasteiger partial charge >= 0.3 is 5.97 Å². The van der Waals surface area contributed by atoms with Crippen molar-refractivity contribution in [3.05, 3.63) is 40.4 Å². The Morgan fingerprint density at radius 1 is 1.46 bits per heavy atom. The SMILES string of the molecule is CSCC[C@@H](NC(=O)Cc1csc(-c2cccc(Cl)c2)n1)C(=O)O. The highest BCUT2D eigenvalue weighted by atomic mass is 35.5. The molecule has 0 unspecified atom stereocenters. The minimum Gasteiger partial charge on any atom is -0.480 e. The second kappa shape index (κ2) is 9.05. The summed E-state index contributed by atoms with van der Waals surface area (Å²) >= 11 is 8.94. The number of carbonyl (C=O) groups excluding carboxylic acids is 1. The second-order valence-corrected chi connectivity index (χ2v) is 7.35. The number of carboxylic acids is 1. The monoisotopic (exact) mass is 384 g/mol. The molecule has 2 aromatic rings. The molecule has 0 aliphatic heterocycles. The van der Waals surface area contributed by atoms with Gasteiger partial charge in [-0.1, -0.05) is 23.7 Å². The highest BCUT2D eigenvalue weighted by molar-refractivity contribution is 7.98. The summed E-state index contributed by atoms with van der Waals surface area (Å²) in [5.74, 6) is -0.686. The topological polar surface area (TPSA) is 79.3 Å². The molecule has 5 nitrogen and oxygen atoms in total. The number of carboxylic acid groups (broad SMARTS) is 1. The molecule has 24 heavy (non-hydrogen) atoms. The molecule has 0 radical (unpaired) electrons. The van der Waals surface area contributed by atoms with Crippen LogP contribution >= 0.6 is 34.7 Å². The molecule has 0 saturated carbocycles. The van der Waals surface area contributed by atoms with Crippen molar-refractivity contribution in [1.29, 1.82) is 0 Å². The smallest absolute Gasteiger partial charge is 0.326 e. The summed E-state index contributed by atoms with van der Waals surface area (Å²) in [4.78, 5) is 27.6. The summed E-state index contributed by atoms with van der Waals surface area (Å²) in [6.07, 6.45) is 2.35. The number of aromatic nitrogens is 1. The minimum absolute atomic E-state index is 0.0557. The van der Waals surface area contributed by atoms with E-state index in [9.17, 15) is 9.59 Å². The van der Waals surface area contributed by atoms with E-state index < -0.39 is 12.0 Å². The molecule has 0 spiro atoms. The molecule has 1 atom stereocenters. The van der Waals surface area contributed by atoms with E-state index in [-0.39, 0.29) is 12.3 Å². The van der Waals surface area contributed by atoms with Gasteiger partial charge in [-0.05, 0) is 30.6 Å². The fraction of sp³-hybridized carbons (Fsp3) is 0.312. The lowest BCUT2D eigenvalue weighted by molar-refractivity contribution is -0.141. The highest BCUT2D eigenvalue weighted by Crippen LogP contribution is 2.26. The van der Waals surface area contributed by atoms with Crippen LogP contribution in [-0.4, -0.2) is 40.0 Å². The van der Waals surface area contributed by atoms with Crippen molar-refractivity contribution in [1.82, 2.24) is 10.3 Å². The van der Waals surface area contributed by atoms with Gasteiger partial charge in [-0.15, -0.1) is 11.3 Å². The van der Waals surface area contributed by atoms with Crippen molar-refractivity contribution in [2.24, 2.45) is 0 Å². The number of amides is 1. The van der Waals surface area contributed by atoms with Gasteiger partial charge in [0.2, 0.25) is 5.91 Å². The number of carbonyl (C=O) groups is 2. The summed E-state index contributed by atoms with van der Waals surface area (Å²) in [7, 11) is 0. The number of nitrogens with zero attached hydrogens (tertiary/aromatic N) is 1. The zero-order valence-electron chi connectivity index (χ0n) is 13.0. The molecule has 0 aliphatic rings. The average molecular weight is 385 g/mol. The van der Waals surface area contributed by atoms with Gasteiger partial charge in [0.25, 0.3) is 0 Å². The first kappa shape index (κ1) is 18.8. The minimum atomic E-state index is -1.02. The third kappa shape index (κ3) is 5.51. The third-order valence-corrected chi connectivity index (χ3v) is 5.03. The van der Waals surface area contributed by atoms with Gasteiger partial charge in [0.15, 0.2) is 0 Å². The molecule has 128 valence electrons. The zero-order chi connectivity index (χ0) is 17.5. The first-order chi connectivity index (χ1) is 11.5. The Balaban J connectivity index is 1.98. The number of aliphatic carboxylic acids is 1. The van der Waals surface area contributed by atoms with Crippen molar-refractivity contribution in [3.8, 4) is 10.6 Å². The van der Waals surface area contributed by atoms with Crippen LogP contribution in [0.25, 0.3) is 10.6 Å². The first-order valence-electron chi connectivity index (χ1n) is 7.21. The van der Waals surface area contributed by atoms with Crippen LogP contribution in [0.3, 0.4) is 0 Å². The largest absolute Gasteiger partial charge is 0.480 e. The van der Waals surface area contributed by atoms with E-state index in [0.29, 0.717) is 22.9 Å². The van der Waals surface area contributed by atoms with Gasteiger partial charge in [0.05, 0.1) is 12.1 Å². The van der Waals surface area contributed by atoms with Crippen molar-refractivity contribution < 1.29 is 14.7 Å². The van der Waals surface area contributed by atoms with Crippen LogP contribution in [0.2, 0.25) is 5.02 Å². The van der Waals surface area contributed by atoms with Gasteiger partial charge in [0.1, 0.15) is 11.0 Å². The van der Waals surface area contributed by atoms with Gasteiger partial charge in [-0.2, -0.15) is 11.8 Å². The Bertz CT molecular complexity index is 721. The molecule has 0 bridgehead atoms. The van der Waals surface area contributed by atoms with Crippen molar-refractivity contribution >= 4 is 46.6 Å². The third-order valence-electron chi connectivity index (χ3n) is 3.21. The second-order valence-electron chi connectivity index (χ2n) is 5.07. The Hall–Kier alpha value is -1.57. The number of benzene rings is 1. The number of halogens is 1. The Labute approximate surface area is 153 Å². The number of thioether (sulfide) groups is 1. The Morgan fingerprint density at radius 3 is 2.92 bits per heavy atom.